The zero-order valence-corrected chi connectivity index (χ0v) is 12.2. The van der Waals surface area contributed by atoms with Crippen LogP contribution in [0.5, 0.6) is 0 Å². The Morgan fingerprint density at radius 3 is 2.53 bits per heavy atom. The van der Waals surface area contributed by atoms with Crippen molar-refractivity contribution < 1.29 is 12.8 Å². The molecule has 2 rings (SSSR count). The number of rotatable bonds is 3. The highest BCUT2D eigenvalue weighted by Gasteiger charge is 2.28. The Hall–Kier alpha value is -1.36. The Morgan fingerprint density at radius 1 is 1.21 bits per heavy atom. The van der Waals surface area contributed by atoms with Crippen molar-refractivity contribution in [3.05, 3.63) is 36.3 Å². The summed E-state index contributed by atoms with van der Waals surface area (Å²) in [6.45, 7) is 5.41. The van der Waals surface area contributed by atoms with Crippen molar-refractivity contribution in [1.82, 2.24) is 4.57 Å². The molecule has 0 amide bonds. The zero-order valence-electron chi connectivity index (χ0n) is 11.4. The van der Waals surface area contributed by atoms with Gasteiger partial charge in [-0.05, 0) is 50.4 Å². The van der Waals surface area contributed by atoms with E-state index in [-0.39, 0.29) is 11.6 Å². The summed E-state index contributed by atoms with van der Waals surface area (Å²) < 4.78 is 38.4. The number of hydrogen-bond donors (Lipinski definition) is 0. The van der Waals surface area contributed by atoms with E-state index in [2.05, 4.69) is 0 Å². The molecule has 1 aromatic heterocycles. The number of benzene rings is 1. The molecule has 19 heavy (non-hydrogen) atoms. The maximum Gasteiger partial charge on any atom is 0.156 e. The van der Waals surface area contributed by atoms with E-state index in [0.29, 0.717) is 6.54 Å². The van der Waals surface area contributed by atoms with Crippen LogP contribution in [0.4, 0.5) is 4.39 Å². The molecule has 0 aliphatic heterocycles. The van der Waals surface area contributed by atoms with Gasteiger partial charge < -0.3 is 4.57 Å². The van der Waals surface area contributed by atoms with E-state index in [1.54, 1.807) is 37.6 Å². The van der Waals surface area contributed by atoms with Crippen molar-refractivity contribution in [2.24, 2.45) is 0 Å². The first-order chi connectivity index (χ1) is 8.71. The summed E-state index contributed by atoms with van der Waals surface area (Å²) in [6, 6.07) is 6.38. The highest BCUT2D eigenvalue weighted by Crippen LogP contribution is 2.20. The quantitative estimate of drug-likeness (QED) is 0.868. The Kier molecular flexibility index (Phi) is 3.43. The van der Waals surface area contributed by atoms with Crippen LogP contribution in [-0.4, -0.2) is 23.5 Å². The SMILES string of the molecule is CC(C)(C)S(=O)(=O)CCn1ccc2ccc(F)cc21. The second kappa shape index (κ2) is 4.63. The van der Waals surface area contributed by atoms with E-state index in [4.69, 9.17) is 0 Å². The van der Waals surface area contributed by atoms with Crippen molar-refractivity contribution in [2.75, 3.05) is 5.75 Å². The van der Waals surface area contributed by atoms with Crippen molar-refractivity contribution >= 4 is 20.7 Å². The third-order valence-electron chi connectivity index (χ3n) is 3.27. The molecule has 0 fully saturated rings. The molecule has 1 heterocycles. The van der Waals surface area contributed by atoms with Crippen molar-refractivity contribution in [2.45, 2.75) is 32.1 Å². The van der Waals surface area contributed by atoms with Crippen LogP contribution < -0.4 is 0 Å². The van der Waals surface area contributed by atoms with E-state index >= 15 is 0 Å². The van der Waals surface area contributed by atoms with E-state index in [9.17, 15) is 12.8 Å². The van der Waals surface area contributed by atoms with Gasteiger partial charge >= 0.3 is 0 Å². The molecule has 0 N–H and O–H groups in total. The van der Waals surface area contributed by atoms with E-state index in [1.807, 2.05) is 6.07 Å². The van der Waals surface area contributed by atoms with Gasteiger partial charge in [0.2, 0.25) is 0 Å². The van der Waals surface area contributed by atoms with Gasteiger partial charge in [-0.1, -0.05) is 0 Å². The van der Waals surface area contributed by atoms with Gasteiger partial charge in [0.25, 0.3) is 0 Å². The van der Waals surface area contributed by atoms with Crippen LogP contribution in [0.3, 0.4) is 0 Å². The van der Waals surface area contributed by atoms with Gasteiger partial charge in [-0.15, -0.1) is 0 Å². The van der Waals surface area contributed by atoms with Gasteiger partial charge in [-0.25, -0.2) is 12.8 Å². The Bertz CT molecular complexity index is 696. The molecule has 0 atom stereocenters. The average molecular weight is 283 g/mol. The minimum atomic E-state index is -3.17. The van der Waals surface area contributed by atoms with Gasteiger partial charge in [0.05, 0.1) is 16.0 Å². The predicted molar refractivity (Wildman–Crippen MR) is 75.4 cm³/mol. The number of nitrogens with zero attached hydrogens (tertiary/aromatic N) is 1. The number of sulfone groups is 1. The number of aromatic nitrogens is 1. The minimum absolute atomic E-state index is 0.0524. The second-order valence-electron chi connectivity index (χ2n) is 5.64. The molecular formula is C14H18FNO2S. The molecule has 0 spiro atoms. The molecule has 5 heteroatoms. The first-order valence-corrected chi connectivity index (χ1v) is 7.83. The third kappa shape index (κ3) is 2.81. The lowest BCUT2D eigenvalue weighted by Gasteiger charge is -2.19. The van der Waals surface area contributed by atoms with Crippen LogP contribution in [0.15, 0.2) is 30.5 Å². The van der Waals surface area contributed by atoms with E-state index in [0.717, 1.165) is 10.9 Å². The lowest BCUT2D eigenvalue weighted by molar-refractivity contribution is 0.554. The third-order valence-corrected chi connectivity index (χ3v) is 5.86. The summed E-state index contributed by atoms with van der Waals surface area (Å²) in [4.78, 5) is 0. The highest BCUT2D eigenvalue weighted by molar-refractivity contribution is 7.92. The Balaban J connectivity index is 2.26. The summed E-state index contributed by atoms with van der Waals surface area (Å²) in [6.07, 6.45) is 1.79. The van der Waals surface area contributed by atoms with Gasteiger partial charge in [-0.2, -0.15) is 0 Å². The lowest BCUT2D eigenvalue weighted by atomic mass is 10.2. The van der Waals surface area contributed by atoms with Gasteiger partial charge in [0.1, 0.15) is 5.82 Å². The molecule has 0 aliphatic carbocycles. The predicted octanol–water partition coefficient (Wildman–Crippen LogP) is 2.99. The van der Waals surface area contributed by atoms with Crippen LogP contribution in [0.2, 0.25) is 0 Å². The minimum Gasteiger partial charge on any atom is -0.346 e. The van der Waals surface area contributed by atoms with Gasteiger partial charge in [-0.3, -0.25) is 0 Å². The smallest absolute Gasteiger partial charge is 0.156 e. The fourth-order valence-corrected chi connectivity index (χ4v) is 2.93. The molecule has 0 saturated heterocycles. The van der Waals surface area contributed by atoms with Crippen LogP contribution in [0.1, 0.15) is 20.8 Å². The first kappa shape index (κ1) is 14.1. The monoisotopic (exact) mass is 283 g/mol. The second-order valence-corrected chi connectivity index (χ2v) is 8.51. The number of aryl methyl sites for hydroxylation is 1. The van der Waals surface area contributed by atoms with Gasteiger partial charge in [0.15, 0.2) is 9.84 Å². The van der Waals surface area contributed by atoms with Gasteiger partial charge in [0, 0.05) is 12.7 Å². The summed E-state index contributed by atoms with van der Waals surface area (Å²) in [5.74, 6) is -0.261. The summed E-state index contributed by atoms with van der Waals surface area (Å²) >= 11 is 0. The lowest BCUT2D eigenvalue weighted by Crippen LogP contribution is -2.31. The molecule has 0 aliphatic rings. The maximum atomic E-state index is 13.2. The zero-order chi connectivity index (χ0) is 14.3. The number of hydrogen-bond acceptors (Lipinski definition) is 2. The largest absolute Gasteiger partial charge is 0.346 e. The van der Waals surface area contributed by atoms with E-state index < -0.39 is 14.6 Å². The van der Waals surface area contributed by atoms with Crippen LogP contribution in [0.25, 0.3) is 10.9 Å². The standard InChI is InChI=1S/C14H18FNO2S/c1-14(2,3)19(17,18)9-8-16-7-6-11-4-5-12(15)10-13(11)16/h4-7,10H,8-9H2,1-3H3. The molecule has 104 valence electrons. The molecule has 3 nitrogen and oxygen atoms in total. The van der Waals surface area contributed by atoms with E-state index in [1.165, 1.54) is 12.1 Å². The Morgan fingerprint density at radius 2 is 1.89 bits per heavy atom. The molecule has 0 bridgehead atoms. The molecule has 2 aromatic rings. The van der Waals surface area contributed by atoms with Crippen molar-refractivity contribution in [3.8, 4) is 0 Å². The molecule has 1 aromatic carbocycles. The molecule has 0 unspecified atom stereocenters. The number of fused-ring (bicyclic) bond motifs is 1. The van der Waals surface area contributed by atoms with Crippen LogP contribution >= 0.6 is 0 Å². The van der Waals surface area contributed by atoms with Crippen molar-refractivity contribution in [3.63, 3.8) is 0 Å². The fraction of sp³-hybridized carbons (Fsp3) is 0.429. The Labute approximate surface area is 113 Å². The summed E-state index contributed by atoms with van der Waals surface area (Å²) in [7, 11) is -3.17. The normalized spacial score (nSPS) is 13.1. The topological polar surface area (TPSA) is 39.1 Å². The molecule has 0 saturated carbocycles. The average Bonchev–Trinajstić information content (AvgIpc) is 2.67. The number of halogens is 1. The maximum absolute atomic E-state index is 13.2. The van der Waals surface area contributed by atoms with Crippen LogP contribution in [-0.2, 0) is 16.4 Å². The van der Waals surface area contributed by atoms with Crippen LogP contribution in [0, 0.1) is 5.82 Å². The summed E-state index contributed by atoms with van der Waals surface area (Å²) in [5.41, 5.74) is 0.726. The molecule has 0 radical (unpaired) electrons. The first-order valence-electron chi connectivity index (χ1n) is 6.17. The molecular weight excluding hydrogens is 265 g/mol. The summed E-state index contributed by atoms with van der Waals surface area (Å²) in [5, 5.41) is 0.912. The highest BCUT2D eigenvalue weighted by atomic mass is 32.2. The van der Waals surface area contributed by atoms with Crippen molar-refractivity contribution in [1.29, 1.82) is 0 Å². The fourth-order valence-electron chi connectivity index (χ4n) is 1.88.